The van der Waals surface area contributed by atoms with E-state index in [-0.39, 0.29) is 12.6 Å². The minimum atomic E-state index is -0.499. The van der Waals surface area contributed by atoms with Gasteiger partial charge in [0.25, 0.3) is 0 Å². The summed E-state index contributed by atoms with van der Waals surface area (Å²) in [7, 11) is 0. The fourth-order valence-corrected chi connectivity index (χ4v) is 3.37. The zero-order valence-corrected chi connectivity index (χ0v) is 17.3. The van der Waals surface area contributed by atoms with Crippen LogP contribution in [0.5, 0.6) is 0 Å². The predicted molar refractivity (Wildman–Crippen MR) is 112 cm³/mol. The molecule has 0 spiro atoms. The molecular weight excluding hydrogens is 338 g/mol. The quantitative estimate of drug-likeness (QED) is 0.347. The molecule has 4 nitrogen and oxygen atoms in total. The van der Waals surface area contributed by atoms with Gasteiger partial charge < -0.3 is 15.6 Å². The van der Waals surface area contributed by atoms with Crippen molar-refractivity contribution in [3.63, 3.8) is 0 Å². The minimum absolute atomic E-state index is 0.0494. The van der Waals surface area contributed by atoms with Crippen LogP contribution in [0.15, 0.2) is 24.3 Å². The van der Waals surface area contributed by atoms with E-state index >= 15 is 0 Å². The monoisotopic (exact) mass is 377 g/mol. The van der Waals surface area contributed by atoms with E-state index in [2.05, 4.69) is 31.2 Å². The Hall–Kier alpha value is -1.39. The highest BCUT2D eigenvalue weighted by Crippen LogP contribution is 2.20. The SMILES string of the molecule is CCCCCCCCc1ccc(CCC(N)(CCO)CCOC(C)=O)cc1. The summed E-state index contributed by atoms with van der Waals surface area (Å²) < 4.78 is 5.02. The summed E-state index contributed by atoms with van der Waals surface area (Å²) in [5.41, 5.74) is 8.61. The summed E-state index contributed by atoms with van der Waals surface area (Å²) in [4.78, 5) is 10.9. The molecule has 0 aliphatic heterocycles. The van der Waals surface area contributed by atoms with Crippen LogP contribution in [-0.4, -0.2) is 29.8 Å². The van der Waals surface area contributed by atoms with Gasteiger partial charge in [0.2, 0.25) is 0 Å². The van der Waals surface area contributed by atoms with Crippen LogP contribution in [0.1, 0.15) is 82.8 Å². The average Bonchev–Trinajstić information content (AvgIpc) is 2.64. The Kier molecular flexibility index (Phi) is 12.0. The highest BCUT2D eigenvalue weighted by molar-refractivity contribution is 5.65. The molecule has 1 rings (SSSR count). The largest absolute Gasteiger partial charge is 0.466 e. The fraction of sp³-hybridized carbons (Fsp3) is 0.696. The van der Waals surface area contributed by atoms with E-state index in [0.717, 1.165) is 19.3 Å². The van der Waals surface area contributed by atoms with Gasteiger partial charge in [0.15, 0.2) is 0 Å². The number of aliphatic hydroxyl groups is 1. The molecule has 0 aliphatic carbocycles. The van der Waals surface area contributed by atoms with Gasteiger partial charge >= 0.3 is 5.97 Å². The normalized spacial score (nSPS) is 13.3. The van der Waals surface area contributed by atoms with E-state index < -0.39 is 5.54 Å². The maximum atomic E-state index is 10.9. The second kappa shape index (κ2) is 13.7. The number of benzene rings is 1. The van der Waals surface area contributed by atoms with Crippen molar-refractivity contribution in [1.29, 1.82) is 0 Å². The van der Waals surface area contributed by atoms with Gasteiger partial charge in [-0.15, -0.1) is 0 Å². The lowest BCUT2D eigenvalue weighted by Gasteiger charge is -2.29. The van der Waals surface area contributed by atoms with Crippen molar-refractivity contribution in [3.05, 3.63) is 35.4 Å². The average molecular weight is 378 g/mol. The van der Waals surface area contributed by atoms with Crippen molar-refractivity contribution < 1.29 is 14.6 Å². The lowest BCUT2D eigenvalue weighted by molar-refractivity contribution is -0.141. The van der Waals surface area contributed by atoms with Gasteiger partial charge in [0.1, 0.15) is 0 Å². The van der Waals surface area contributed by atoms with Crippen molar-refractivity contribution >= 4 is 5.97 Å². The Balaban J connectivity index is 2.38. The van der Waals surface area contributed by atoms with Gasteiger partial charge in [-0.3, -0.25) is 4.79 Å². The van der Waals surface area contributed by atoms with Gasteiger partial charge in [0.05, 0.1) is 6.61 Å². The topological polar surface area (TPSA) is 72.6 Å². The number of carbonyl (C=O) groups is 1. The number of ether oxygens (including phenoxy) is 1. The lowest BCUT2D eigenvalue weighted by Crippen LogP contribution is -2.42. The highest BCUT2D eigenvalue weighted by atomic mass is 16.5. The molecule has 27 heavy (non-hydrogen) atoms. The molecule has 154 valence electrons. The number of hydrogen-bond acceptors (Lipinski definition) is 4. The Morgan fingerprint density at radius 3 is 2.15 bits per heavy atom. The molecule has 4 heteroatoms. The van der Waals surface area contributed by atoms with Crippen molar-refractivity contribution in [2.24, 2.45) is 5.73 Å². The zero-order chi connectivity index (χ0) is 20.0. The van der Waals surface area contributed by atoms with Crippen LogP contribution in [0.25, 0.3) is 0 Å². The molecule has 0 heterocycles. The fourth-order valence-electron chi connectivity index (χ4n) is 3.37. The lowest BCUT2D eigenvalue weighted by atomic mass is 9.86. The Morgan fingerprint density at radius 2 is 1.56 bits per heavy atom. The number of unbranched alkanes of at least 4 members (excludes halogenated alkanes) is 5. The molecule has 0 fully saturated rings. The summed E-state index contributed by atoms with van der Waals surface area (Å²) >= 11 is 0. The van der Waals surface area contributed by atoms with Crippen LogP contribution in [0.2, 0.25) is 0 Å². The predicted octanol–water partition coefficient (Wildman–Crippen LogP) is 4.56. The van der Waals surface area contributed by atoms with Gasteiger partial charge in [-0.05, 0) is 49.7 Å². The molecule has 0 amide bonds. The number of nitrogens with two attached hydrogens (primary N) is 1. The van der Waals surface area contributed by atoms with Gasteiger partial charge in [-0.2, -0.15) is 0 Å². The molecule has 3 N–H and O–H groups in total. The van der Waals surface area contributed by atoms with Crippen LogP contribution < -0.4 is 5.73 Å². The number of esters is 1. The molecule has 0 bridgehead atoms. The first-order valence-corrected chi connectivity index (χ1v) is 10.6. The van der Waals surface area contributed by atoms with E-state index in [4.69, 9.17) is 10.5 Å². The van der Waals surface area contributed by atoms with Crippen LogP contribution in [-0.2, 0) is 22.4 Å². The number of aryl methyl sites for hydroxylation is 2. The number of rotatable bonds is 15. The van der Waals surface area contributed by atoms with E-state index in [1.807, 2.05) is 0 Å². The van der Waals surface area contributed by atoms with Crippen LogP contribution in [0, 0.1) is 0 Å². The van der Waals surface area contributed by atoms with Gasteiger partial charge in [-0.1, -0.05) is 63.3 Å². The summed E-state index contributed by atoms with van der Waals surface area (Å²) in [6, 6.07) is 8.84. The van der Waals surface area contributed by atoms with E-state index in [1.165, 1.54) is 56.6 Å². The van der Waals surface area contributed by atoms with Crippen molar-refractivity contribution in [2.45, 2.75) is 90.0 Å². The third-order valence-corrected chi connectivity index (χ3v) is 5.27. The van der Waals surface area contributed by atoms with Crippen molar-refractivity contribution in [3.8, 4) is 0 Å². The molecule has 0 radical (unpaired) electrons. The maximum Gasteiger partial charge on any atom is 0.302 e. The van der Waals surface area contributed by atoms with Gasteiger partial charge in [0, 0.05) is 19.1 Å². The molecule has 0 saturated heterocycles. The minimum Gasteiger partial charge on any atom is -0.466 e. The van der Waals surface area contributed by atoms with Gasteiger partial charge in [-0.25, -0.2) is 0 Å². The molecule has 0 saturated carbocycles. The summed E-state index contributed by atoms with van der Waals surface area (Å²) in [5, 5.41) is 9.31. The maximum absolute atomic E-state index is 10.9. The molecule has 1 aromatic carbocycles. The third-order valence-electron chi connectivity index (χ3n) is 5.27. The van der Waals surface area contributed by atoms with Crippen molar-refractivity contribution in [1.82, 2.24) is 0 Å². The zero-order valence-electron chi connectivity index (χ0n) is 17.3. The molecule has 0 aromatic heterocycles. The van der Waals surface area contributed by atoms with E-state index in [9.17, 15) is 9.90 Å². The van der Waals surface area contributed by atoms with Crippen LogP contribution in [0.4, 0.5) is 0 Å². The molecular formula is C23H39NO3. The first-order chi connectivity index (χ1) is 13.0. The molecule has 0 aliphatic rings. The van der Waals surface area contributed by atoms with E-state index in [1.54, 1.807) is 0 Å². The second-order valence-corrected chi connectivity index (χ2v) is 7.76. The summed E-state index contributed by atoms with van der Waals surface area (Å²) in [6.45, 7) is 4.01. The summed E-state index contributed by atoms with van der Waals surface area (Å²) in [5.74, 6) is -0.290. The van der Waals surface area contributed by atoms with Crippen molar-refractivity contribution in [2.75, 3.05) is 13.2 Å². The Morgan fingerprint density at radius 1 is 0.963 bits per heavy atom. The molecule has 1 aromatic rings. The smallest absolute Gasteiger partial charge is 0.302 e. The van der Waals surface area contributed by atoms with E-state index in [0.29, 0.717) is 19.4 Å². The Labute approximate surface area is 165 Å². The molecule has 1 atom stereocenters. The summed E-state index contributed by atoms with van der Waals surface area (Å²) in [6.07, 6.45) is 11.8. The number of hydrogen-bond donors (Lipinski definition) is 2. The number of carbonyl (C=O) groups excluding carboxylic acids is 1. The first-order valence-electron chi connectivity index (χ1n) is 10.6. The highest BCUT2D eigenvalue weighted by Gasteiger charge is 2.24. The molecule has 1 unspecified atom stereocenters. The Bertz CT molecular complexity index is 515. The first kappa shape index (κ1) is 23.6. The van der Waals surface area contributed by atoms with Crippen LogP contribution >= 0.6 is 0 Å². The number of aliphatic hydroxyl groups excluding tert-OH is 1. The second-order valence-electron chi connectivity index (χ2n) is 7.76. The van der Waals surface area contributed by atoms with Crippen LogP contribution in [0.3, 0.4) is 0 Å². The third kappa shape index (κ3) is 11.1. The standard InChI is InChI=1S/C23H39NO3/c1-3-4-5-6-7-8-9-21-10-12-22(13-11-21)14-15-23(24,16-18-25)17-19-27-20(2)26/h10-13,25H,3-9,14-19,24H2,1-2H3.